The molecule has 18 heavy (non-hydrogen) atoms. The third-order valence-corrected chi connectivity index (χ3v) is 3.98. The fourth-order valence-corrected chi connectivity index (χ4v) is 2.90. The van der Waals surface area contributed by atoms with Crippen LogP contribution in [0, 0.1) is 5.92 Å². The first kappa shape index (κ1) is 13.3. The van der Waals surface area contributed by atoms with Gasteiger partial charge in [0.1, 0.15) is 0 Å². The second-order valence-electron chi connectivity index (χ2n) is 5.41. The summed E-state index contributed by atoms with van der Waals surface area (Å²) in [5, 5.41) is 2.75. The summed E-state index contributed by atoms with van der Waals surface area (Å²) in [6.07, 6.45) is 2.36. The van der Waals surface area contributed by atoms with Gasteiger partial charge in [-0.2, -0.15) is 0 Å². The first-order valence-corrected chi connectivity index (χ1v) is 6.87. The number of rotatable bonds is 2. The Morgan fingerprint density at radius 1 is 1.44 bits per heavy atom. The summed E-state index contributed by atoms with van der Waals surface area (Å²) in [5.41, 5.74) is 0. The van der Waals surface area contributed by atoms with E-state index in [0.29, 0.717) is 19.0 Å². The standard InChI is InChI=1S/C13H23N3O2/c1-3-11-9-15(2)5-4-6-16(11)13(18)10-7-12(17)14-8-10/h10-11H,3-9H2,1-2H3,(H,14,17). The highest BCUT2D eigenvalue weighted by atomic mass is 16.2. The summed E-state index contributed by atoms with van der Waals surface area (Å²) in [4.78, 5) is 28.0. The van der Waals surface area contributed by atoms with E-state index in [2.05, 4.69) is 24.2 Å². The minimum absolute atomic E-state index is 0.00772. The first-order chi connectivity index (χ1) is 8.61. The summed E-state index contributed by atoms with van der Waals surface area (Å²) >= 11 is 0. The van der Waals surface area contributed by atoms with Crippen molar-refractivity contribution < 1.29 is 9.59 Å². The molecular weight excluding hydrogens is 230 g/mol. The molecule has 0 spiro atoms. The quantitative estimate of drug-likeness (QED) is 0.757. The third-order valence-electron chi connectivity index (χ3n) is 3.98. The van der Waals surface area contributed by atoms with Crippen LogP contribution in [0.5, 0.6) is 0 Å². The molecule has 2 aliphatic heterocycles. The zero-order valence-corrected chi connectivity index (χ0v) is 11.3. The summed E-state index contributed by atoms with van der Waals surface area (Å²) in [5.74, 6) is 0.0267. The molecule has 0 aromatic heterocycles. The maximum Gasteiger partial charge on any atom is 0.228 e. The van der Waals surface area contributed by atoms with Crippen LogP contribution in [0.1, 0.15) is 26.2 Å². The van der Waals surface area contributed by atoms with E-state index in [0.717, 1.165) is 32.5 Å². The molecule has 2 fully saturated rings. The number of hydrogen-bond acceptors (Lipinski definition) is 3. The minimum atomic E-state index is -0.144. The summed E-state index contributed by atoms with van der Waals surface area (Å²) in [7, 11) is 2.11. The number of nitrogens with zero attached hydrogens (tertiary/aromatic N) is 2. The molecule has 102 valence electrons. The predicted molar refractivity (Wildman–Crippen MR) is 69.0 cm³/mol. The molecule has 0 bridgehead atoms. The number of likely N-dealkylation sites (N-methyl/N-ethyl adjacent to an activating group) is 1. The van der Waals surface area contributed by atoms with Crippen molar-refractivity contribution in [3.63, 3.8) is 0 Å². The fourth-order valence-electron chi connectivity index (χ4n) is 2.90. The van der Waals surface area contributed by atoms with Crippen molar-refractivity contribution in [3.8, 4) is 0 Å². The SMILES string of the molecule is CCC1CN(C)CCCN1C(=O)C1CNC(=O)C1. The molecule has 2 heterocycles. The van der Waals surface area contributed by atoms with Gasteiger partial charge in [-0.3, -0.25) is 9.59 Å². The van der Waals surface area contributed by atoms with Crippen LogP contribution in [0.2, 0.25) is 0 Å². The number of carbonyl (C=O) groups excluding carboxylic acids is 2. The van der Waals surface area contributed by atoms with Crippen molar-refractivity contribution in [1.29, 1.82) is 0 Å². The van der Waals surface area contributed by atoms with Gasteiger partial charge >= 0.3 is 0 Å². The predicted octanol–water partition coefficient (Wildman–Crippen LogP) is 0.0652. The average molecular weight is 253 g/mol. The molecular formula is C13H23N3O2. The molecule has 5 nitrogen and oxygen atoms in total. The minimum Gasteiger partial charge on any atom is -0.355 e. The van der Waals surface area contributed by atoms with Crippen LogP contribution in [-0.4, -0.2) is 60.9 Å². The Labute approximate surface area is 108 Å². The lowest BCUT2D eigenvalue weighted by atomic mass is 10.0. The highest BCUT2D eigenvalue weighted by Gasteiger charge is 2.34. The van der Waals surface area contributed by atoms with Crippen LogP contribution in [0.3, 0.4) is 0 Å². The lowest BCUT2D eigenvalue weighted by molar-refractivity contribution is -0.138. The van der Waals surface area contributed by atoms with Crippen molar-refractivity contribution >= 4 is 11.8 Å². The van der Waals surface area contributed by atoms with Crippen molar-refractivity contribution in [3.05, 3.63) is 0 Å². The second kappa shape index (κ2) is 5.69. The van der Waals surface area contributed by atoms with E-state index < -0.39 is 0 Å². The molecule has 5 heteroatoms. The average Bonchev–Trinajstić information content (AvgIpc) is 2.68. The molecule has 0 aromatic rings. The lowest BCUT2D eigenvalue weighted by Crippen LogP contribution is -2.46. The van der Waals surface area contributed by atoms with Crippen LogP contribution < -0.4 is 5.32 Å². The number of hydrogen-bond donors (Lipinski definition) is 1. The molecule has 2 saturated heterocycles. The second-order valence-corrected chi connectivity index (χ2v) is 5.41. The van der Waals surface area contributed by atoms with E-state index in [1.807, 2.05) is 4.90 Å². The van der Waals surface area contributed by atoms with Crippen molar-refractivity contribution in [1.82, 2.24) is 15.1 Å². The Bertz CT molecular complexity index is 332. The molecule has 1 N–H and O–H groups in total. The number of carbonyl (C=O) groups is 2. The van der Waals surface area contributed by atoms with Gasteiger partial charge in [0, 0.05) is 32.1 Å². The van der Waals surface area contributed by atoms with Gasteiger partial charge < -0.3 is 15.1 Å². The van der Waals surface area contributed by atoms with Gasteiger partial charge in [-0.05, 0) is 26.4 Å². The molecule has 2 aliphatic rings. The number of amides is 2. The van der Waals surface area contributed by atoms with Gasteiger partial charge in [0.15, 0.2) is 0 Å². The van der Waals surface area contributed by atoms with E-state index in [1.165, 1.54) is 0 Å². The van der Waals surface area contributed by atoms with Crippen LogP contribution in [0.25, 0.3) is 0 Å². The molecule has 2 rings (SSSR count). The van der Waals surface area contributed by atoms with Gasteiger partial charge in [0.25, 0.3) is 0 Å². The van der Waals surface area contributed by atoms with Gasteiger partial charge in [-0.15, -0.1) is 0 Å². The lowest BCUT2D eigenvalue weighted by Gasteiger charge is -2.32. The monoisotopic (exact) mass is 253 g/mol. The summed E-state index contributed by atoms with van der Waals surface area (Å²) in [6.45, 7) is 5.45. The zero-order valence-electron chi connectivity index (χ0n) is 11.3. The number of nitrogens with one attached hydrogen (secondary N) is 1. The molecule has 0 aliphatic carbocycles. The van der Waals surface area contributed by atoms with E-state index in [9.17, 15) is 9.59 Å². The zero-order chi connectivity index (χ0) is 13.1. The normalized spacial score (nSPS) is 30.1. The van der Waals surface area contributed by atoms with Gasteiger partial charge in [0.05, 0.1) is 5.92 Å². The van der Waals surface area contributed by atoms with Crippen LogP contribution >= 0.6 is 0 Å². The van der Waals surface area contributed by atoms with E-state index in [4.69, 9.17) is 0 Å². The molecule has 2 atom stereocenters. The Morgan fingerprint density at radius 3 is 2.83 bits per heavy atom. The Hall–Kier alpha value is -1.10. The van der Waals surface area contributed by atoms with E-state index in [1.54, 1.807) is 0 Å². The largest absolute Gasteiger partial charge is 0.355 e. The molecule has 0 aromatic carbocycles. The Kier molecular flexibility index (Phi) is 4.22. The van der Waals surface area contributed by atoms with Gasteiger partial charge in [-0.25, -0.2) is 0 Å². The van der Waals surface area contributed by atoms with Gasteiger partial charge in [-0.1, -0.05) is 6.92 Å². The fraction of sp³-hybridized carbons (Fsp3) is 0.846. The highest BCUT2D eigenvalue weighted by Crippen LogP contribution is 2.19. The Balaban J connectivity index is 2.04. The molecule has 2 unspecified atom stereocenters. The topological polar surface area (TPSA) is 52.6 Å². The molecule has 0 radical (unpaired) electrons. The van der Waals surface area contributed by atoms with Crippen molar-refractivity contribution in [2.24, 2.45) is 5.92 Å². The molecule has 0 saturated carbocycles. The third kappa shape index (κ3) is 2.83. The smallest absolute Gasteiger partial charge is 0.228 e. The first-order valence-electron chi connectivity index (χ1n) is 6.87. The summed E-state index contributed by atoms with van der Waals surface area (Å²) in [6, 6.07) is 0.292. The van der Waals surface area contributed by atoms with Crippen molar-refractivity contribution in [2.45, 2.75) is 32.2 Å². The highest BCUT2D eigenvalue weighted by molar-refractivity contribution is 5.89. The van der Waals surface area contributed by atoms with Crippen molar-refractivity contribution in [2.75, 3.05) is 33.2 Å². The maximum absolute atomic E-state index is 12.5. The molecule has 2 amide bonds. The van der Waals surface area contributed by atoms with Gasteiger partial charge in [0.2, 0.25) is 11.8 Å². The summed E-state index contributed by atoms with van der Waals surface area (Å²) < 4.78 is 0. The maximum atomic E-state index is 12.5. The van der Waals surface area contributed by atoms with Crippen LogP contribution in [0.15, 0.2) is 0 Å². The van der Waals surface area contributed by atoms with E-state index >= 15 is 0 Å². The van der Waals surface area contributed by atoms with E-state index in [-0.39, 0.29) is 17.7 Å². The Morgan fingerprint density at radius 2 is 2.22 bits per heavy atom. The van der Waals surface area contributed by atoms with Crippen LogP contribution in [0.4, 0.5) is 0 Å². The van der Waals surface area contributed by atoms with Crippen LogP contribution in [-0.2, 0) is 9.59 Å².